The van der Waals surface area contributed by atoms with Crippen LogP contribution in [0.2, 0.25) is 0 Å². The normalized spacial score (nSPS) is 9.97. The molecule has 5 nitrogen and oxygen atoms in total. The third-order valence-corrected chi connectivity index (χ3v) is 4.20. The van der Waals surface area contributed by atoms with E-state index in [0.717, 1.165) is 43.1 Å². The highest BCUT2D eigenvalue weighted by Gasteiger charge is 2.07. The van der Waals surface area contributed by atoms with Crippen LogP contribution in [0.15, 0.2) is 67.3 Å². The predicted octanol–water partition coefficient (Wildman–Crippen LogP) is 4.88. The minimum atomic E-state index is 0. The molecule has 158 valence electrons. The molecule has 0 amide bonds. The molecule has 0 aliphatic heterocycles. The van der Waals surface area contributed by atoms with Crippen LogP contribution < -0.4 is 14.8 Å². The minimum Gasteiger partial charge on any atom is -0.490 e. The molecule has 0 saturated carbocycles. The number of rotatable bonds is 11. The Bertz CT molecular complexity index is 799. The Kier molecular flexibility index (Phi) is 11.9. The van der Waals surface area contributed by atoms with Crippen molar-refractivity contribution in [2.45, 2.75) is 33.0 Å². The summed E-state index contributed by atoms with van der Waals surface area (Å²) in [5, 5.41) is 3.48. The molecule has 0 radical (unpaired) electrons. The molecule has 0 atom stereocenters. The van der Waals surface area contributed by atoms with E-state index in [1.54, 1.807) is 0 Å². The van der Waals surface area contributed by atoms with Gasteiger partial charge in [-0.05, 0) is 43.1 Å². The van der Waals surface area contributed by atoms with E-state index in [0.29, 0.717) is 13.2 Å². The third kappa shape index (κ3) is 8.36. The maximum absolute atomic E-state index is 5.96. The Morgan fingerprint density at radius 1 is 0.966 bits per heavy atom. The van der Waals surface area contributed by atoms with Gasteiger partial charge in [-0.3, -0.25) is 0 Å². The second-order valence-corrected chi connectivity index (χ2v) is 6.32. The van der Waals surface area contributed by atoms with Crippen LogP contribution >= 0.6 is 24.8 Å². The number of nitrogens with zero attached hydrogens (tertiary/aromatic N) is 2. The molecular formula is C22H29Cl2N3O2. The summed E-state index contributed by atoms with van der Waals surface area (Å²) in [6.45, 7) is 5.87. The fourth-order valence-corrected chi connectivity index (χ4v) is 2.82. The van der Waals surface area contributed by atoms with Crippen molar-refractivity contribution in [1.82, 2.24) is 14.9 Å². The average molecular weight is 438 g/mol. The molecule has 1 heterocycles. The lowest BCUT2D eigenvalue weighted by Crippen LogP contribution is -2.16. The number of benzene rings is 2. The van der Waals surface area contributed by atoms with E-state index in [1.807, 2.05) is 49.9 Å². The Labute approximate surface area is 185 Å². The average Bonchev–Trinajstić information content (AvgIpc) is 3.22. The second-order valence-electron chi connectivity index (χ2n) is 6.32. The molecule has 29 heavy (non-hydrogen) atoms. The lowest BCUT2D eigenvalue weighted by Gasteiger charge is -2.14. The SMILES string of the molecule is CCOc1cc(CNCCCn2ccnc2)ccc1OCc1ccccc1.Cl.Cl. The first kappa shape index (κ1) is 24.8. The number of hydrogen-bond donors (Lipinski definition) is 1. The van der Waals surface area contributed by atoms with Gasteiger partial charge in [-0.1, -0.05) is 36.4 Å². The summed E-state index contributed by atoms with van der Waals surface area (Å²) in [7, 11) is 0. The van der Waals surface area contributed by atoms with Gasteiger partial charge in [0.2, 0.25) is 0 Å². The van der Waals surface area contributed by atoms with E-state index >= 15 is 0 Å². The summed E-state index contributed by atoms with van der Waals surface area (Å²) in [5.41, 5.74) is 2.33. The molecule has 1 N–H and O–H groups in total. The summed E-state index contributed by atoms with van der Waals surface area (Å²) in [4.78, 5) is 4.06. The Balaban J connectivity index is 0.00000210. The first-order chi connectivity index (χ1) is 13.3. The van der Waals surface area contributed by atoms with E-state index in [-0.39, 0.29) is 24.8 Å². The molecule has 0 spiro atoms. The number of nitrogens with one attached hydrogen (secondary N) is 1. The highest BCUT2D eigenvalue weighted by molar-refractivity contribution is 5.85. The van der Waals surface area contributed by atoms with Crippen molar-refractivity contribution in [3.05, 3.63) is 78.4 Å². The van der Waals surface area contributed by atoms with E-state index in [4.69, 9.17) is 9.47 Å². The van der Waals surface area contributed by atoms with Gasteiger partial charge in [0.05, 0.1) is 12.9 Å². The highest BCUT2D eigenvalue weighted by Crippen LogP contribution is 2.29. The topological polar surface area (TPSA) is 48.3 Å². The number of imidazole rings is 1. The molecular weight excluding hydrogens is 409 g/mol. The molecule has 2 aromatic carbocycles. The predicted molar refractivity (Wildman–Crippen MR) is 121 cm³/mol. The zero-order valence-corrected chi connectivity index (χ0v) is 18.3. The van der Waals surface area contributed by atoms with Gasteiger partial charge in [0, 0.05) is 25.5 Å². The van der Waals surface area contributed by atoms with Crippen LogP contribution in [0.3, 0.4) is 0 Å². The molecule has 7 heteroatoms. The van der Waals surface area contributed by atoms with Gasteiger partial charge in [-0.2, -0.15) is 0 Å². The molecule has 0 fully saturated rings. The van der Waals surface area contributed by atoms with Gasteiger partial charge >= 0.3 is 0 Å². The van der Waals surface area contributed by atoms with Crippen molar-refractivity contribution < 1.29 is 9.47 Å². The van der Waals surface area contributed by atoms with Gasteiger partial charge in [0.15, 0.2) is 11.5 Å². The molecule has 0 unspecified atom stereocenters. The molecule has 0 aliphatic rings. The van der Waals surface area contributed by atoms with Crippen LogP contribution in [0.5, 0.6) is 11.5 Å². The zero-order chi connectivity index (χ0) is 18.7. The third-order valence-electron chi connectivity index (χ3n) is 4.20. The van der Waals surface area contributed by atoms with Crippen molar-refractivity contribution >= 4 is 24.8 Å². The molecule has 3 aromatic rings. The van der Waals surface area contributed by atoms with Crippen LogP contribution in [-0.2, 0) is 19.7 Å². The maximum Gasteiger partial charge on any atom is 0.161 e. The largest absolute Gasteiger partial charge is 0.490 e. The second kappa shape index (κ2) is 13.9. The number of halogens is 2. The minimum absolute atomic E-state index is 0. The van der Waals surface area contributed by atoms with E-state index in [9.17, 15) is 0 Å². The van der Waals surface area contributed by atoms with Gasteiger partial charge in [-0.25, -0.2) is 4.98 Å². The van der Waals surface area contributed by atoms with E-state index in [1.165, 1.54) is 5.56 Å². The zero-order valence-electron chi connectivity index (χ0n) is 16.6. The summed E-state index contributed by atoms with van der Waals surface area (Å²) in [5.74, 6) is 1.58. The Hall–Kier alpha value is -2.21. The monoisotopic (exact) mass is 437 g/mol. The molecule has 0 bridgehead atoms. The highest BCUT2D eigenvalue weighted by atomic mass is 35.5. The van der Waals surface area contributed by atoms with Crippen LogP contribution in [0.1, 0.15) is 24.5 Å². The van der Waals surface area contributed by atoms with Gasteiger partial charge < -0.3 is 19.4 Å². The van der Waals surface area contributed by atoms with Crippen LogP contribution in [0, 0.1) is 0 Å². The summed E-state index contributed by atoms with van der Waals surface area (Å²) >= 11 is 0. The van der Waals surface area contributed by atoms with Crippen molar-refractivity contribution in [3.63, 3.8) is 0 Å². The van der Waals surface area contributed by atoms with Crippen molar-refractivity contribution in [2.75, 3.05) is 13.2 Å². The van der Waals surface area contributed by atoms with Crippen LogP contribution in [0.4, 0.5) is 0 Å². The lowest BCUT2D eigenvalue weighted by molar-refractivity contribution is 0.269. The first-order valence-corrected chi connectivity index (χ1v) is 9.44. The molecule has 0 saturated heterocycles. The quantitative estimate of drug-likeness (QED) is 0.434. The fourth-order valence-electron chi connectivity index (χ4n) is 2.82. The number of hydrogen-bond acceptors (Lipinski definition) is 4. The molecule has 0 aliphatic carbocycles. The van der Waals surface area contributed by atoms with Crippen molar-refractivity contribution in [1.29, 1.82) is 0 Å². The van der Waals surface area contributed by atoms with E-state index < -0.39 is 0 Å². The summed E-state index contributed by atoms with van der Waals surface area (Å²) < 4.78 is 13.8. The smallest absolute Gasteiger partial charge is 0.161 e. The Morgan fingerprint density at radius 2 is 1.79 bits per heavy atom. The summed E-state index contributed by atoms with van der Waals surface area (Å²) in [6.07, 6.45) is 6.71. The van der Waals surface area contributed by atoms with Crippen LogP contribution in [0.25, 0.3) is 0 Å². The number of aryl methyl sites for hydroxylation is 1. The van der Waals surface area contributed by atoms with Gasteiger partial charge in [0.1, 0.15) is 6.61 Å². The van der Waals surface area contributed by atoms with Crippen molar-refractivity contribution in [3.8, 4) is 11.5 Å². The molecule has 3 rings (SSSR count). The number of ether oxygens (including phenoxy) is 2. The Morgan fingerprint density at radius 3 is 2.52 bits per heavy atom. The van der Waals surface area contributed by atoms with Crippen molar-refractivity contribution in [2.24, 2.45) is 0 Å². The summed E-state index contributed by atoms with van der Waals surface area (Å²) in [6, 6.07) is 16.3. The van der Waals surface area contributed by atoms with Gasteiger partial charge in [0.25, 0.3) is 0 Å². The van der Waals surface area contributed by atoms with Gasteiger partial charge in [-0.15, -0.1) is 24.8 Å². The van der Waals surface area contributed by atoms with Crippen LogP contribution in [-0.4, -0.2) is 22.7 Å². The maximum atomic E-state index is 5.96. The molecule has 1 aromatic heterocycles. The lowest BCUT2D eigenvalue weighted by atomic mass is 10.2. The fraction of sp³-hybridized carbons (Fsp3) is 0.318. The number of aromatic nitrogens is 2. The first-order valence-electron chi connectivity index (χ1n) is 9.44. The standard InChI is InChI=1S/C22H27N3O2.2ClH/c1-2-26-22-15-20(16-23-11-6-13-25-14-12-24-18-25)9-10-21(22)27-17-19-7-4-3-5-8-19;;/h3-5,7-10,12,14-15,18,23H,2,6,11,13,16-17H2,1H3;2*1H. The van der Waals surface area contributed by atoms with E-state index in [2.05, 4.69) is 39.1 Å².